The van der Waals surface area contributed by atoms with E-state index in [4.69, 9.17) is 4.74 Å². The molecule has 96 valence electrons. The average Bonchev–Trinajstić information content (AvgIpc) is 2.82. The predicted octanol–water partition coefficient (Wildman–Crippen LogP) is 2.68. The van der Waals surface area contributed by atoms with Crippen molar-refractivity contribution < 1.29 is 9.53 Å². The molecule has 0 fully saturated rings. The number of methoxy groups -OCH3 is 1. The van der Waals surface area contributed by atoms with Gasteiger partial charge in [0.25, 0.3) is 0 Å². The van der Waals surface area contributed by atoms with Crippen molar-refractivity contribution in [3.05, 3.63) is 22.4 Å². The van der Waals surface area contributed by atoms with E-state index >= 15 is 0 Å². The number of nitrogens with zero attached hydrogens (tertiary/aromatic N) is 1. The summed E-state index contributed by atoms with van der Waals surface area (Å²) in [6, 6.07) is 4.21. The Morgan fingerprint density at radius 2 is 2.35 bits per heavy atom. The van der Waals surface area contributed by atoms with E-state index in [-0.39, 0.29) is 5.78 Å². The van der Waals surface area contributed by atoms with Gasteiger partial charge in [-0.3, -0.25) is 4.79 Å². The number of thiophene rings is 1. The van der Waals surface area contributed by atoms with Crippen LogP contribution in [-0.4, -0.2) is 44.0 Å². The third-order valence-electron chi connectivity index (χ3n) is 2.87. The molecule has 1 aromatic heterocycles. The van der Waals surface area contributed by atoms with Gasteiger partial charge in [-0.25, -0.2) is 0 Å². The van der Waals surface area contributed by atoms with Gasteiger partial charge in [-0.2, -0.15) is 0 Å². The fourth-order valence-corrected chi connectivity index (χ4v) is 2.33. The van der Waals surface area contributed by atoms with Crippen LogP contribution in [0.5, 0.6) is 0 Å². The molecular formula is C13H21NO2S. The maximum atomic E-state index is 11.8. The van der Waals surface area contributed by atoms with Crippen LogP contribution < -0.4 is 0 Å². The molecule has 0 radical (unpaired) electrons. The van der Waals surface area contributed by atoms with Crippen LogP contribution in [0, 0.1) is 0 Å². The first-order chi connectivity index (χ1) is 8.15. The van der Waals surface area contributed by atoms with E-state index in [1.54, 1.807) is 7.11 Å². The molecule has 17 heavy (non-hydrogen) atoms. The minimum absolute atomic E-state index is 0.257. The molecule has 0 aliphatic heterocycles. The molecular weight excluding hydrogens is 234 g/mol. The number of ether oxygens (including phenoxy) is 1. The molecule has 0 spiro atoms. The van der Waals surface area contributed by atoms with E-state index in [0.29, 0.717) is 12.5 Å². The zero-order chi connectivity index (χ0) is 12.7. The summed E-state index contributed by atoms with van der Waals surface area (Å²) in [5.74, 6) is 0.257. The lowest BCUT2D eigenvalue weighted by atomic mass is 10.2. The Kier molecular flexibility index (Phi) is 6.40. The highest BCUT2D eigenvalue weighted by Crippen LogP contribution is 2.12. The molecule has 1 heterocycles. The Labute approximate surface area is 107 Å². The zero-order valence-corrected chi connectivity index (χ0v) is 11.6. The number of Topliss-reactive ketones (excluding diaryl/α,β-unsaturated/α-hetero) is 1. The Hall–Kier alpha value is -0.710. The third kappa shape index (κ3) is 4.98. The molecule has 1 rings (SSSR count). The van der Waals surface area contributed by atoms with Crippen molar-refractivity contribution in [2.45, 2.75) is 25.8 Å². The Morgan fingerprint density at radius 1 is 1.59 bits per heavy atom. The van der Waals surface area contributed by atoms with Crippen LogP contribution in [0.4, 0.5) is 0 Å². The average molecular weight is 255 g/mol. The molecule has 0 amide bonds. The summed E-state index contributed by atoms with van der Waals surface area (Å²) in [4.78, 5) is 14.9. The summed E-state index contributed by atoms with van der Waals surface area (Å²) in [5, 5.41) is 1.94. The molecule has 0 aliphatic carbocycles. The molecule has 4 heteroatoms. The standard InChI is InChI=1S/C13H21NO2S/c1-11(10-16-3)14(2)8-4-6-12(15)13-7-5-9-17-13/h5,7,9,11H,4,6,8,10H2,1-3H3. The first kappa shape index (κ1) is 14.4. The number of rotatable bonds is 8. The van der Waals surface area contributed by atoms with E-state index in [0.717, 1.165) is 24.4 Å². The number of carbonyl (C=O) groups is 1. The van der Waals surface area contributed by atoms with Crippen LogP contribution in [0.2, 0.25) is 0 Å². The molecule has 1 unspecified atom stereocenters. The van der Waals surface area contributed by atoms with Gasteiger partial charge in [0.1, 0.15) is 0 Å². The predicted molar refractivity (Wildman–Crippen MR) is 71.9 cm³/mol. The zero-order valence-electron chi connectivity index (χ0n) is 10.8. The van der Waals surface area contributed by atoms with Crippen molar-refractivity contribution in [1.82, 2.24) is 4.90 Å². The van der Waals surface area contributed by atoms with Crippen LogP contribution >= 0.6 is 11.3 Å². The van der Waals surface area contributed by atoms with E-state index in [1.165, 1.54) is 11.3 Å². The lowest BCUT2D eigenvalue weighted by Crippen LogP contribution is -2.33. The van der Waals surface area contributed by atoms with Crippen molar-refractivity contribution in [2.24, 2.45) is 0 Å². The van der Waals surface area contributed by atoms with E-state index in [2.05, 4.69) is 18.9 Å². The molecule has 0 aromatic carbocycles. The van der Waals surface area contributed by atoms with Gasteiger partial charge >= 0.3 is 0 Å². The van der Waals surface area contributed by atoms with Crippen molar-refractivity contribution in [3.8, 4) is 0 Å². The Morgan fingerprint density at radius 3 is 2.94 bits per heavy atom. The van der Waals surface area contributed by atoms with Gasteiger partial charge in [-0.15, -0.1) is 11.3 Å². The molecule has 1 atom stereocenters. The van der Waals surface area contributed by atoms with Gasteiger partial charge < -0.3 is 9.64 Å². The quantitative estimate of drug-likeness (QED) is 0.669. The topological polar surface area (TPSA) is 29.5 Å². The van der Waals surface area contributed by atoms with Crippen molar-refractivity contribution in [2.75, 3.05) is 27.3 Å². The summed E-state index contributed by atoms with van der Waals surface area (Å²) < 4.78 is 5.10. The molecule has 0 saturated carbocycles. The summed E-state index contributed by atoms with van der Waals surface area (Å²) in [7, 11) is 3.78. The van der Waals surface area contributed by atoms with Gasteiger partial charge in [-0.1, -0.05) is 6.07 Å². The largest absolute Gasteiger partial charge is 0.383 e. The van der Waals surface area contributed by atoms with Crippen LogP contribution in [0.15, 0.2) is 17.5 Å². The summed E-state index contributed by atoms with van der Waals surface area (Å²) in [6.45, 7) is 3.79. The monoisotopic (exact) mass is 255 g/mol. The van der Waals surface area contributed by atoms with E-state index in [9.17, 15) is 4.79 Å². The molecule has 0 bridgehead atoms. The number of carbonyl (C=O) groups excluding carboxylic acids is 1. The lowest BCUT2D eigenvalue weighted by Gasteiger charge is -2.23. The first-order valence-electron chi connectivity index (χ1n) is 5.91. The molecule has 1 aromatic rings. The molecule has 0 aliphatic rings. The van der Waals surface area contributed by atoms with Crippen LogP contribution in [-0.2, 0) is 4.74 Å². The number of hydrogen-bond donors (Lipinski definition) is 0. The van der Waals surface area contributed by atoms with Crippen LogP contribution in [0.3, 0.4) is 0 Å². The Bertz CT molecular complexity index is 324. The second-order valence-corrected chi connectivity index (χ2v) is 5.24. The second-order valence-electron chi connectivity index (χ2n) is 4.29. The van der Waals surface area contributed by atoms with Crippen molar-refractivity contribution in [3.63, 3.8) is 0 Å². The minimum Gasteiger partial charge on any atom is -0.383 e. The van der Waals surface area contributed by atoms with E-state index < -0.39 is 0 Å². The van der Waals surface area contributed by atoms with Gasteiger partial charge in [0.15, 0.2) is 5.78 Å². The number of ketones is 1. The normalized spacial score (nSPS) is 12.9. The molecule has 0 N–H and O–H groups in total. The van der Waals surface area contributed by atoms with Crippen molar-refractivity contribution >= 4 is 17.1 Å². The van der Waals surface area contributed by atoms with Crippen LogP contribution in [0.25, 0.3) is 0 Å². The summed E-state index contributed by atoms with van der Waals surface area (Å²) in [5.41, 5.74) is 0. The second kappa shape index (κ2) is 7.58. The highest BCUT2D eigenvalue weighted by Gasteiger charge is 2.10. The van der Waals surface area contributed by atoms with Gasteiger partial charge in [-0.05, 0) is 38.4 Å². The fourth-order valence-electron chi connectivity index (χ4n) is 1.64. The lowest BCUT2D eigenvalue weighted by molar-refractivity contribution is 0.0960. The first-order valence-corrected chi connectivity index (χ1v) is 6.79. The van der Waals surface area contributed by atoms with Gasteiger partial charge in [0.05, 0.1) is 11.5 Å². The van der Waals surface area contributed by atoms with E-state index in [1.807, 2.05) is 17.5 Å². The maximum Gasteiger partial charge on any atom is 0.172 e. The van der Waals surface area contributed by atoms with Crippen LogP contribution in [0.1, 0.15) is 29.4 Å². The third-order valence-corrected chi connectivity index (χ3v) is 3.78. The Balaban J connectivity index is 2.21. The van der Waals surface area contributed by atoms with Crippen molar-refractivity contribution in [1.29, 1.82) is 0 Å². The summed E-state index contributed by atoms with van der Waals surface area (Å²) >= 11 is 1.52. The van der Waals surface area contributed by atoms with Gasteiger partial charge in [0.2, 0.25) is 0 Å². The highest BCUT2D eigenvalue weighted by molar-refractivity contribution is 7.12. The molecule has 3 nitrogen and oxygen atoms in total. The maximum absolute atomic E-state index is 11.8. The fraction of sp³-hybridized carbons (Fsp3) is 0.615. The smallest absolute Gasteiger partial charge is 0.172 e. The summed E-state index contributed by atoms with van der Waals surface area (Å²) in [6.07, 6.45) is 1.53. The SMILES string of the molecule is COCC(C)N(C)CCCC(=O)c1cccs1. The van der Waals surface area contributed by atoms with Gasteiger partial charge in [0, 0.05) is 19.6 Å². The number of hydrogen-bond acceptors (Lipinski definition) is 4. The number of likely N-dealkylation sites (N-methyl/N-ethyl adjacent to an activating group) is 1. The minimum atomic E-state index is 0.257. The molecule has 0 saturated heterocycles. The highest BCUT2D eigenvalue weighted by atomic mass is 32.1.